The van der Waals surface area contributed by atoms with Crippen LogP contribution in [0.15, 0.2) is 66.7 Å². The molecule has 0 aromatic heterocycles. The summed E-state index contributed by atoms with van der Waals surface area (Å²) in [5.74, 6) is -1.95. The van der Waals surface area contributed by atoms with Gasteiger partial charge in [0.15, 0.2) is 5.75 Å². The first-order chi connectivity index (χ1) is 12.6. The van der Waals surface area contributed by atoms with Crippen LogP contribution < -0.4 is 10.1 Å². The van der Waals surface area contributed by atoms with Crippen LogP contribution in [0.25, 0.3) is 0 Å². The van der Waals surface area contributed by atoms with Gasteiger partial charge in [-0.3, -0.25) is 9.59 Å². The molecule has 6 heteroatoms. The molecule has 132 valence electrons. The summed E-state index contributed by atoms with van der Waals surface area (Å²) in [5.41, 5.74) is 0.484. The van der Waals surface area contributed by atoms with E-state index in [4.69, 9.17) is 9.47 Å². The van der Waals surface area contributed by atoms with Crippen molar-refractivity contribution in [2.45, 2.75) is 12.2 Å². The second-order valence-corrected chi connectivity index (χ2v) is 6.24. The predicted molar refractivity (Wildman–Crippen MR) is 94.0 cm³/mol. The van der Waals surface area contributed by atoms with Crippen molar-refractivity contribution in [3.8, 4) is 11.5 Å². The number of hydrogen-bond donors (Lipinski definition) is 2. The Bertz CT molecular complexity index is 864. The summed E-state index contributed by atoms with van der Waals surface area (Å²) in [4.78, 5) is 24.3. The molecule has 2 N–H and O–H groups in total. The van der Waals surface area contributed by atoms with Crippen molar-refractivity contribution in [2.75, 3.05) is 5.32 Å². The maximum absolute atomic E-state index is 12.8. The van der Waals surface area contributed by atoms with Gasteiger partial charge in [0.05, 0.1) is 23.8 Å². The second kappa shape index (κ2) is 6.65. The quantitative estimate of drug-likeness (QED) is 0.809. The first kappa shape index (κ1) is 16.4. The molecule has 2 aliphatic heterocycles. The van der Waals surface area contributed by atoms with E-state index < -0.39 is 35.9 Å². The summed E-state index contributed by atoms with van der Waals surface area (Å²) in [7, 11) is 0. The van der Waals surface area contributed by atoms with Crippen molar-refractivity contribution in [3.05, 3.63) is 66.7 Å². The molecule has 2 heterocycles. The minimum absolute atomic E-state index is 0.390. The molecule has 0 radical (unpaired) electrons. The number of carboxylic acids is 1. The Hall–Kier alpha value is -3.12. The zero-order valence-electron chi connectivity index (χ0n) is 13.7. The maximum Gasteiger partial charge on any atom is 0.310 e. The maximum atomic E-state index is 12.8. The van der Waals surface area contributed by atoms with Crippen LogP contribution in [0.4, 0.5) is 5.69 Å². The molecule has 0 aliphatic carbocycles. The van der Waals surface area contributed by atoms with Gasteiger partial charge in [0.2, 0.25) is 5.91 Å². The number of nitrogens with one attached hydrogen (secondary N) is 1. The number of carboxylic acid groups (broad SMARTS) is 1. The standard InChI is InChI=1S/C20H17NO5/c22-19(17-15-10-11-16(26-15)18(17)20(23)24)21-13-8-4-5-9-14(13)25-12-6-2-1-3-7-12/h1-11,15-18H,(H,21,22)(H,23,24)/t15-,16+,17-,18-/m0/s1. The van der Waals surface area contributed by atoms with Gasteiger partial charge in [-0.25, -0.2) is 0 Å². The van der Waals surface area contributed by atoms with Gasteiger partial charge in [0.1, 0.15) is 11.7 Å². The van der Waals surface area contributed by atoms with Crippen LogP contribution in [-0.2, 0) is 14.3 Å². The molecule has 0 saturated carbocycles. The third-order valence-electron chi connectivity index (χ3n) is 4.60. The van der Waals surface area contributed by atoms with Gasteiger partial charge in [-0.05, 0) is 24.3 Å². The third-order valence-corrected chi connectivity index (χ3v) is 4.60. The third kappa shape index (κ3) is 2.95. The summed E-state index contributed by atoms with van der Waals surface area (Å²) in [6.07, 6.45) is 2.40. The van der Waals surface area contributed by atoms with Gasteiger partial charge in [-0.15, -0.1) is 0 Å². The lowest BCUT2D eigenvalue weighted by molar-refractivity contribution is -0.145. The van der Waals surface area contributed by atoms with E-state index in [1.807, 2.05) is 30.3 Å². The zero-order chi connectivity index (χ0) is 18.1. The fourth-order valence-corrected chi connectivity index (χ4v) is 3.41. The van der Waals surface area contributed by atoms with Crippen molar-refractivity contribution in [1.29, 1.82) is 0 Å². The first-order valence-electron chi connectivity index (χ1n) is 8.33. The Labute approximate surface area is 150 Å². The summed E-state index contributed by atoms with van der Waals surface area (Å²) < 4.78 is 11.4. The lowest BCUT2D eigenvalue weighted by Gasteiger charge is -2.21. The fourth-order valence-electron chi connectivity index (χ4n) is 3.41. The summed E-state index contributed by atoms with van der Waals surface area (Å²) in [6, 6.07) is 16.3. The first-order valence-corrected chi connectivity index (χ1v) is 8.33. The van der Waals surface area contributed by atoms with Crippen LogP contribution >= 0.6 is 0 Å². The average molecular weight is 351 g/mol. The molecule has 2 aromatic carbocycles. The Morgan fingerprint density at radius 3 is 2.31 bits per heavy atom. The van der Waals surface area contributed by atoms with Crippen molar-refractivity contribution in [3.63, 3.8) is 0 Å². The average Bonchev–Trinajstić information content (AvgIpc) is 3.25. The molecule has 1 amide bonds. The highest BCUT2D eigenvalue weighted by Gasteiger charge is 2.53. The van der Waals surface area contributed by atoms with Crippen molar-refractivity contribution < 1.29 is 24.2 Å². The van der Waals surface area contributed by atoms with E-state index >= 15 is 0 Å². The number of anilines is 1. The number of hydrogen-bond acceptors (Lipinski definition) is 4. The van der Waals surface area contributed by atoms with Crippen LogP contribution in [0.2, 0.25) is 0 Å². The summed E-state index contributed by atoms with van der Waals surface area (Å²) in [6.45, 7) is 0. The van der Waals surface area contributed by atoms with Crippen LogP contribution in [0.5, 0.6) is 11.5 Å². The molecule has 26 heavy (non-hydrogen) atoms. The van der Waals surface area contributed by atoms with E-state index in [1.165, 1.54) is 0 Å². The van der Waals surface area contributed by atoms with Crippen LogP contribution in [0, 0.1) is 11.8 Å². The van der Waals surface area contributed by atoms with Gasteiger partial charge < -0.3 is 19.9 Å². The molecule has 4 atom stereocenters. The topological polar surface area (TPSA) is 84.9 Å². The Morgan fingerprint density at radius 2 is 1.58 bits per heavy atom. The molecule has 1 saturated heterocycles. The number of aliphatic carboxylic acids is 1. The van der Waals surface area contributed by atoms with Gasteiger partial charge in [0, 0.05) is 0 Å². The molecular formula is C20H17NO5. The number of benzene rings is 2. The number of fused-ring (bicyclic) bond motifs is 2. The van der Waals surface area contributed by atoms with E-state index in [-0.39, 0.29) is 0 Å². The highest BCUT2D eigenvalue weighted by Crippen LogP contribution is 2.40. The molecule has 2 aromatic rings. The van der Waals surface area contributed by atoms with E-state index in [0.717, 1.165) is 0 Å². The number of amides is 1. The number of para-hydroxylation sites is 3. The number of ether oxygens (including phenoxy) is 2. The molecule has 0 unspecified atom stereocenters. The van der Waals surface area contributed by atoms with Gasteiger partial charge in [0.25, 0.3) is 0 Å². The Kier molecular flexibility index (Phi) is 4.18. The van der Waals surface area contributed by atoms with E-state index in [9.17, 15) is 14.7 Å². The number of rotatable bonds is 5. The van der Waals surface area contributed by atoms with Crippen molar-refractivity contribution in [2.24, 2.45) is 11.8 Å². The zero-order valence-corrected chi connectivity index (χ0v) is 13.7. The van der Waals surface area contributed by atoms with E-state index in [0.29, 0.717) is 17.2 Å². The largest absolute Gasteiger partial charge is 0.481 e. The molecule has 2 aliphatic rings. The van der Waals surface area contributed by atoms with Crippen LogP contribution in [0.3, 0.4) is 0 Å². The summed E-state index contributed by atoms with van der Waals surface area (Å²) >= 11 is 0. The van der Waals surface area contributed by atoms with E-state index in [1.54, 1.807) is 36.4 Å². The lowest BCUT2D eigenvalue weighted by atomic mass is 9.82. The van der Waals surface area contributed by atoms with Crippen molar-refractivity contribution >= 4 is 17.6 Å². The van der Waals surface area contributed by atoms with Crippen LogP contribution in [-0.4, -0.2) is 29.2 Å². The molecule has 1 fully saturated rings. The summed E-state index contributed by atoms with van der Waals surface area (Å²) in [5, 5.41) is 12.3. The van der Waals surface area contributed by atoms with Gasteiger partial charge in [-0.1, -0.05) is 42.5 Å². The minimum Gasteiger partial charge on any atom is -0.481 e. The number of carbonyl (C=O) groups excluding carboxylic acids is 1. The molecule has 0 spiro atoms. The van der Waals surface area contributed by atoms with Crippen molar-refractivity contribution in [1.82, 2.24) is 0 Å². The normalized spacial score (nSPS) is 25.8. The Balaban J connectivity index is 1.55. The Morgan fingerprint density at radius 1 is 0.923 bits per heavy atom. The highest BCUT2D eigenvalue weighted by molar-refractivity contribution is 5.97. The minimum atomic E-state index is -1.03. The van der Waals surface area contributed by atoms with Gasteiger partial charge in [-0.2, -0.15) is 0 Å². The SMILES string of the molecule is O=C(Nc1ccccc1Oc1ccccc1)[C@@H]1[C@@H](C(=O)O)[C@H]2C=C[C@@H]1O2. The molecule has 4 rings (SSSR count). The highest BCUT2D eigenvalue weighted by atomic mass is 16.5. The molecular weight excluding hydrogens is 334 g/mol. The monoisotopic (exact) mass is 351 g/mol. The predicted octanol–water partition coefficient (Wildman–Crippen LogP) is 3.07. The second-order valence-electron chi connectivity index (χ2n) is 6.24. The smallest absolute Gasteiger partial charge is 0.310 e. The number of carbonyl (C=O) groups is 2. The van der Waals surface area contributed by atoms with E-state index in [2.05, 4.69) is 5.32 Å². The lowest BCUT2D eigenvalue weighted by Crippen LogP contribution is -2.39. The van der Waals surface area contributed by atoms with Crippen LogP contribution in [0.1, 0.15) is 0 Å². The molecule has 6 nitrogen and oxygen atoms in total. The molecule has 2 bridgehead atoms. The van der Waals surface area contributed by atoms with Gasteiger partial charge >= 0.3 is 5.97 Å². The fraction of sp³-hybridized carbons (Fsp3) is 0.200.